The number of carbonyl (C=O) groups is 1. The summed E-state index contributed by atoms with van der Waals surface area (Å²) in [6.07, 6.45) is 0. The molecule has 0 aromatic heterocycles. The molecule has 0 aliphatic rings. The fourth-order valence-electron chi connectivity index (χ4n) is 2.50. The minimum atomic E-state index is -0.254. The normalized spacial score (nSPS) is 11.1. The summed E-state index contributed by atoms with van der Waals surface area (Å²) >= 11 is 0. The van der Waals surface area contributed by atoms with Gasteiger partial charge in [-0.25, -0.2) is 5.43 Å². The van der Waals surface area contributed by atoms with Crippen molar-refractivity contribution in [3.63, 3.8) is 0 Å². The van der Waals surface area contributed by atoms with E-state index in [2.05, 4.69) is 10.5 Å². The maximum absolute atomic E-state index is 12.3. The molecule has 0 atom stereocenters. The second-order valence-electron chi connectivity index (χ2n) is 6.30. The smallest absolute Gasteiger partial charge is 0.271 e. The second-order valence-corrected chi connectivity index (χ2v) is 6.30. The molecule has 27 heavy (non-hydrogen) atoms. The minimum Gasteiger partial charge on any atom is -0.489 e. The molecule has 0 unspecified atom stereocenters. The number of hydrogen-bond donors (Lipinski definition) is 1. The molecule has 0 saturated carbocycles. The molecule has 0 bridgehead atoms. The Bertz CT molecular complexity index is 915. The molecule has 0 aliphatic heterocycles. The van der Waals surface area contributed by atoms with Crippen molar-refractivity contribution in [1.82, 2.24) is 5.43 Å². The van der Waals surface area contributed by atoms with Crippen molar-refractivity contribution in [2.75, 3.05) is 0 Å². The monoisotopic (exact) mass is 358 g/mol. The second kappa shape index (κ2) is 8.81. The zero-order valence-electron chi connectivity index (χ0n) is 15.5. The van der Waals surface area contributed by atoms with Gasteiger partial charge in [0.25, 0.3) is 5.91 Å². The van der Waals surface area contributed by atoms with Gasteiger partial charge in [0.15, 0.2) is 0 Å². The first-order valence-corrected chi connectivity index (χ1v) is 8.80. The number of hydrazone groups is 1. The molecule has 4 heteroatoms. The molecule has 4 nitrogen and oxygen atoms in total. The highest BCUT2D eigenvalue weighted by Gasteiger charge is 2.06. The van der Waals surface area contributed by atoms with Gasteiger partial charge in [-0.1, -0.05) is 60.2 Å². The first-order chi connectivity index (χ1) is 13.1. The number of carbonyl (C=O) groups excluding carboxylic acids is 1. The van der Waals surface area contributed by atoms with Crippen molar-refractivity contribution in [2.45, 2.75) is 20.5 Å². The molecule has 0 saturated heterocycles. The summed E-state index contributed by atoms with van der Waals surface area (Å²) in [5, 5.41) is 4.18. The molecule has 1 N–H and O–H groups in total. The highest BCUT2D eigenvalue weighted by atomic mass is 16.5. The number of ether oxygens (including phenoxy) is 1. The van der Waals surface area contributed by atoms with E-state index < -0.39 is 0 Å². The van der Waals surface area contributed by atoms with Crippen LogP contribution >= 0.6 is 0 Å². The molecular formula is C23H22N2O2. The zero-order valence-corrected chi connectivity index (χ0v) is 15.5. The van der Waals surface area contributed by atoms with Gasteiger partial charge in [0.1, 0.15) is 12.4 Å². The topological polar surface area (TPSA) is 50.7 Å². The minimum absolute atomic E-state index is 0.254. The van der Waals surface area contributed by atoms with E-state index >= 15 is 0 Å². The van der Waals surface area contributed by atoms with Crippen LogP contribution in [0.4, 0.5) is 0 Å². The summed E-state index contributed by atoms with van der Waals surface area (Å²) in [6, 6.07) is 25.0. The summed E-state index contributed by atoms with van der Waals surface area (Å²) in [4.78, 5) is 12.3. The van der Waals surface area contributed by atoms with Crippen LogP contribution in [-0.4, -0.2) is 11.6 Å². The van der Waals surface area contributed by atoms with Crippen LogP contribution in [0.1, 0.15) is 34.0 Å². The third kappa shape index (κ3) is 5.28. The maximum atomic E-state index is 12.3. The number of benzene rings is 3. The molecule has 136 valence electrons. The first-order valence-electron chi connectivity index (χ1n) is 8.80. The van der Waals surface area contributed by atoms with Crippen LogP contribution in [0.25, 0.3) is 0 Å². The van der Waals surface area contributed by atoms with E-state index in [1.807, 2.05) is 68.4 Å². The average molecular weight is 358 g/mol. The zero-order chi connectivity index (χ0) is 19.1. The lowest BCUT2D eigenvalue weighted by atomic mass is 10.1. The van der Waals surface area contributed by atoms with Gasteiger partial charge in [-0.2, -0.15) is 5.10 Å². The number of nitrogens with zero attached hydrogens (tertiary/aromatic N) is 1. The summed E-state index contributed by atoms with van der Waals surface area (Å²) in [6.45, 7) is 4.39. The average Bonchev–Trinajstić information content (AvgIpc) is 2.72. The number of amides is 1. The third-order valence-corrected chi connectivity index (χ3v) is 4.16. The van der Waals surface area contributed by atoms with Crippen LogP contribution in [-0.2, 0) is 6.61 Å². The van der Waals surface area contributed by atoms with Gasteiger partial charge in [-0.15, -0.1) is 0 Å². The summed E-state index contributed by atoms with van der Waals surface area (Å²) in [5.41, 5.74) is 7.14. The largest absolute Gasteiger partial charge is 0.489 e. The SMILES string of the molecule is CC(=NNC(=O)c1ccc(OCc2ccccc2)cc1)c1ccc(C)cc1. The number of nitrogens with one attached hydrogen (secondary N) is 1. The van der Waals surface area contributed by atoms with Crippen LogP contribution in [0.15, 0.2) is 84.0 Å². The van der Waals surface area contributed by atoms with Crippen LogP contribution in [0, 0.1) is 6.92 Å². The Morgan fingerprint density at radius 1 is 0.889 bits per heavy atom. The number of aryl methyl sites for hydroxylation is 1. The standard InChI is InChI=1S/C23H22N2O2/c1-17-8-10-20(11-9-17)18(2)24-25-23(26)21-12-14-22(15-13-21)27-16-19-6-4-3-5-7-19/h3-15H,16H2,1-2H3,(H,25,26). The van der Waals surface area contributed by atoms with Crippen LogP contribution in [0.3, 0.4) is 0 Å². The highest BCUT2D eigenvalue weighted by Crippen LogP contribution is 2.14. The molecule has 0 fully saturated rings. The van der Waals surface area contributed by atoms with Gasteiger partial charge in [-0.3, -0.25) is 4.79 Å². The van der Waals surface area contributed by atoms with E-state index in [0.717, 1.165) is 22.6 Å². The Hall–Kier alpha value is -3.40. The maximum Gasteiger partial charge on any atom is 0.271 e. The molecule has 0 aliphatic carbocycles. The Morgan fingerprint density at radius 2 is 1.52 bits per heavy atom. The molecule has 3 rings (SSSR count). The Balaban J connectivity index is 1.57. The van der Waals surface area contributed by atoms with Crippen LogP contribution < -0.4 is 10.2 Å². The molecule has 0 spiro atoms. The van der Waals surface area contributed by atoms with Crippen LogP contribution in [0.2, 0.25) is 0 Å². The van der Waals surface area contributed by atoms with Gasteiger partial charge in [-0.05, 0) is 49.2 Å². The molecule has 0 heterocycles. The van der Waals surface area contributed by atoms with Gasteiger partial charge >= 0.3 is 0 Å². The van der Waals surface area contributed by atoms with E-state index in [-0.39, 0.29) is 5.91 Å². The van der Waals surface area contributed by atoms with Crippen molar-refractivity contribution >= 4 is 11.6 Å². The molecule has 1 amide bonds. The lowest BCUT2D eigenvalue weighted by Crippen LogP contribution is -2.19. The van der Waals surface area contributed by atoms with Crippen molar-refractivity contribution in [2.24, 2.45) is 5.10 Å². The van der Waals surface area contributed by atoms with Crippen molar-refractivity contribution < 1.29 is 9.53 Å². The van der Waals surface area contributed by atoms with Gasteiger partial charge in [0, 0.05) is 5.56 Å². The molecular weight excluding hydrogens is 336 g/mol. The van der Waals surface area contributed by atoms with Crippen molar-refractivity contribution in [3.05, 3.63) is 101 Å². The Morgan fingerprint density at radius 3 is 2.19 bits per heavy atom. The van der Waals surface area contributed by atoms with E-state index in [1.165, 1.54) is 5.56 Å². The summed E-state index contributed by atoms with van der Waals surface area (Å²) in [5.74, 6) is 0.464. The highest BCUT2D eigenvalue weighted by molar-refractivity contribution is 6.00. The lowest BCUT2D eigenvalue weighted by Gasteiger charge is -2.07. The van der Waals surface area contributed by atoms with Crippen LogP contribution in [0.5, 0.6) is 5.75 Å². The number of hydrogen-bond acceptors (Lipinski definition) is 3. The molecule has 3 aromatic rings. The fourth-order valence-corrected chi connectivity index (χ4v) is 2.50. The van der Waals surface area contributed by atoms with E-state index in [0.29, 0.717) is 12.2 Å². The van der Waals surface area contributed by atoms with Gasteiger partial charge < -0.3 is 4.74 Å². The Labute approximate surface area is 159 Å². The first kappa shape index (κ1) is 18.4. The van der Waals surface area contributed by atoms with Crippen molar-refractivity contribution in [1.29, 1.82) is 0 Å². The predicted molar refractivity (Wildman–Crippen MR) is 108 cm³/mol. The van der Waals surface area contributed by atoms with E-state index in [4.69, 9.17) is 4.74 Å². The quantitative estimate of drug-likeness (QED) is 0.512. The molecule has 0 radical (unpaired) electrons. The van der Waals surface area contributed by atoms with E-state index in [1.54, 1.807) is 24.3 Å². The van der Waals surface area contributed by atoms with Gasteiger partial charge in [0.2, 0.25) is 0 Å². The summed E-state index contributed by atoms with van der Waals surface area (Å²) < 4.78 is 5.73. The van der Waals surface area contributed by atoms with Crippen molar-refractivity contribution in [3.8, 4) is 5.75 Å². The Kier molecular flexibility index (Phi) is 6.00. The number of rotatable bonds is 6. The fraction of sp³-hybridized carbons (Fsp3) is 0.130. The van der Waals surface area contributed by atoms with E-state index in [9.17, 15) is 4.79 Å². The van der Waals surface area contributed by atoms with Gasteiger partial charge in [0.05, 0.1) is 5.71 Å². The molecule has 3 aromatic carbocycles. The third-order valence-electron chi connectivity index (χ3n) is 4.16. The predicted octanol–water partition coefficient (Wildman–Crippen LogP) is 4.73. The summed E-state index contributed by atoms with van der Waals surface area (Å²) in [7, 11) is 0. The lowest BCUT2D eigenvalue weighted by molar-refractivity contribution is 0.0955.